The zero-order chi connectivity index (χ0) is 18.5. The number of nitrogens with zero attached hydrogens (tertiary/aromatic N) is 3. The van der Waals surface area contributed by atoms with E-state index in [1.807, 2.05) is 24.3 Å². The third-order valence-corrected chi connectivity index (χ3v) is 3.65. The molecule has 0 saturated heterocycles. The molecule has 0 unspecified atom stereocenters. The third-order valence-electron chi connectivity index (χ3n) is 3.65. The van der Waals surface area contributed by atoms with E-state index in [2.05, 4.69) is 15.0 Å². The Morgan fingerprint density at radius 3 is 2.12 bits per heavy atom. The molecule has 1 heterocycles. The minimum Gasteiger partial charge on any atom is -0.497 e. The smallest absolute Gasteiger partial charge is 0.225 e. The van der Waals surface area contributed by atoms with Crippen LogP contribution >= 0.6 is 0 Å². The Labute approximate surface area is 150 Å². The molecule has 0 aliphatic rings. The summed E-state index contributed by atoms with van der Waals surface area (Å²) < 4.78 is 16.4. The molecule has 0 radical (unpaired) electrons. The van der Waals surface area contributed by atoms with Crippen LogP contribution in [-0.4, -0.2) is 29.2 Å². The van der Waals surface area contributed by atoms with Crippen molar-refractivity contribution in [3.8, 4) is 28.6 Å². The second-order valence-electron chi connectivity index (χ2n) is 5.38. The number of anilines is 2. The Bertz CT molecular complexity index is 880. The molecule has 8 nitrogen and oxygen atoms in total. The van der Waals surface area contributed by atoms with E-state index < -0.39 is 0 Å². The number of nitrogen functional groups attached to an aromatic ring is 2. The fourth-order valence-corrected chi connectivity index (χ4v) is 2.35. The van der Waals surface area contributed by atoms with Crippen molar-refractivity contribution in [3.05, 3.63) is 48.0 Å². The first-order valence-electron chi connectivity index (χ1n) is 7.80. The van der Waals surface area contributed by atoms with Gasteiger partial charge in [0.2, 0.25) is 11.9 Å². The number of ether oxygens (including phenoxy) is 3. The van der Waals surface area contributed by atoms with Gasteiger partial charge in [0.15, 0.2) is 17.3 Å². The molecule has 0 aliphatic heterocycles. The number of rotatable bonds is 6. The zero-order valence-electron chi connectivity index (χ0n) is 14.5. The first-order chi connectivity index (χ1) is 12.6. The van der Waals surface area contributed by atoms with Gasteiger partial charge in [0.1, 0.15) is 12.4 Å². The summed E-state index contributed by atoms with van der Waals surface area (Å²) in [5, 5.41) is 0. The number of nitrogens with two attached hydrogens (primary N) is 2. The topological polar surface area (TPSA) is 118 Å². The molecule has 0 amide bonds. The maximum absolute atomic E-state index is 5.86. The quantitative estimate of drug-likeness (QED) is 0.693. The monoisotopic (exact) mass is 353 g/mol. The molecular weight excluding hydrogens is 334 g/mol. The molecule has 0 aliphatic carbocycles. The van der Waals surface area contributed by atoms with Crippen LogP contribution < -0.4 is 25.7 Å². The van der Waals surface area contributed by atoms with Crippen LogP contribution in [0.2, 0.25) is 0 Å². The minimum atomic E-state index is 0.0614. The van der Waals surface area contributed by atoms with E-state index >= 15 is 0 Å². The Morgan fingerprint density at radius 2 is 1.50 bits per heavy atom. The average molecular weight is 353 g/mol. The standard InChI is InChI=1S/C18H19N5O3/c1-24-13-6-3-11(4-7-13)10-26-14-8-5-12(9-15(14)25-2)16-21-17(19)23-18(20)22-16/h3-9H,10H2,1-2H3,(H4,19,20,21,22,23). The van der Waals surface area contributed by atoms with Gasteiger partial charge in [-0.15, -0.1) is 0 Å². The highest BCUT2D eigenvalue weighted by Gasteiger charge is 2.11. The number of hydrogen-bond donors (Lipinski definition) is 2. The van der Waals surface area contributed by atoms with E-state index in [1.165, 1.54) is 0 Å². The van der Waals surface area contributed by atoms with Crippen LogP contribution in [0, 0.1) is 0 Å². The van der Waals surface area contributed by atoms with Gasteiger partial charge in [-0.25, -0.2) is 0 Å². The normalized spacial score (nSPS) is 10.4. The van der Waals surface area contributed by atoms with E-state index in [9.17, 15) is 0 Å². The molecule has 0 bridgehead atoms. The van der Waals surface area contributed by atoms with Crippen LogP contribution in [-0.2, 0) is 6.61 Å². The lowest BCUT2D eigenvalue weighted by molar-refractivity contribution is 0.284. The summed E-state index contributed by atoms with van der Waals surface area (Å²) in [5.74, 6) is 2.44. The second-order valence-corrected chi connectivity index (χ2v) is 5.38. The fourth-order valence-electron chi connectivity index (χ4n) is 2.35. The summed E-state index contributed by atoms with van der Waals surface area (Å²) >= 11 is 0. The van der Waals surface area contributed by atoms with Gasteiger partial charge in [-0.2, -0.15) is 15.0 Å². The van der Waals surface area contributed by atoms with Crippen molar-refractivity contribution in [2.24, 2.45) is 0 Å². The fraction of sp³-hybridized carbons (Fsp3) is 0.167. The lowest BCUT2D eigenvalue weighted by Crippen LogP contribution is -2.04. The van der Waals surface area contributed by atoms with Crippen molar-refractivity contribution in [2.75, 3.05) is 25.7 Å². The maximum Gasteiger partial charge on any atom is 0.225 e. The molecule has 26 heavy (non-hydrogen) atoms. The Morgan fingerprint density at radius 1 is 0.808 bits per heavy atom. The van der Waals surface area contributed by atoms with Gasteiger partial charge in [0, 0.05) is 5.56 Å². The summed E-state index contributed by atoms with van der Waals surface area (Å²) in [6.45, 7) is 0.394. The minimum absolute atomic E-state index is 0.0614. The summed E-state index contributed by atoms with van der Waals surface area (Å²) in [5.41, 5.74) is 12.9. The van der Waals surface area contributed by atoms with E-state index in [1.54, 1.807) is 32.4 Å². The van der Waals surface area contributed by atoms with Crippen molar-refractivity contribution in [2.45, 2.75) is 6.61 Å². The first-order valence-corrected chi connectivity index (χ1v) is 7.80. The molecule has 1 aromatic heterocycles. The van der Waals surface area contributed by atoms with Gasteiger partial charge in [-0.05, 0) is 35.9 Å². The van der Waals surface area contributed by atoms with Gasteiger partial charge in [-0.3, -0.25) is 0 Å². The van der Waals surface area contributed by atoms with E-state index in [4.69, 9.17) is 25.7 Å². The summed E-state index contributed by atoms with van der Waals surface area (Å²) in [7, 11) is 3.20. The summed E-state index contributed by atoms with van der Waals surface area (Å²) in [6, 6.07) is 13.0. The Kier molecular flexibility index (Phi) is 5.02. The van der Waals surface area contributed by atoms with Crippen LogP contribution in [0.3, 0.4) is 0 Å². The van der Waals surface area contributed by atoms with Crippen LogP contribution in [0.4, 0.5) is 11.9 Å². The SMILES string of the molecule is COc1ccc(COc2ccc(-c3nc(N)nc(N)n3)cc2OC)cc1. The van der Waals surface area contributed by atoms with E-state index in [0.29, 0.717) is 29.5 Å². The van der Waals surface area contributed by atoms with Gasteiger partial charge < -0.3 is 25.7 Å². The summed E-state index contributed by atoms with van der Waals surface area (Å²) in [6.07, 6.45) is 0. The van der Waals surface area contributed by atoms with Gasteiger partial charge in [0.05, 0.1) is 14.2 Å². The maximum atomic E-state index is 5.86. The molecule has 134 valence electrons. The van der Waals surface area contributed by atoms with Crippen LogP contribution in [0.1, 0.15) is 5.56 Å². The highest BCUT2D eigenvalue weighted by molar-refractivity contribution is 5.62. The molecule has 4 N–H and O–H groups in total. The van der Waals surface area contributed by atoms with E-state index in [0.717, 1.165) is 11.3 Å². The second kappa shape index (κ2) is 7.56. The lowest BCUT2D eigenvalue weighted by Gasteiger charge is -2.12. The van der Waals surface area contributed by atoms with E-state index in [-0.39, 0.29) is 11.9 Å². The number of aromatic nitrogens is 3. The summed E-state index contributed by atoms with van der Waals surface area (Å²) in [4.78, 5) is 11.9. The predicted octanol–water partition coefficient (Wildman–Crippen LogP) is 2.30. The molecule has 0 atom stereocenters. The molecular formula is C18H19N5O3. The zero-order valence-corrected chi connectivity index (χ0v) is 14.5. The molecule has 0 saturated carbocycles. The lowest BCUT2D eigenvalue weighted by atomic mass is 10.2. The molecule has 3 rings (SSSR count). The van der Waals surface area contributed by atoms with Crippen LogP contribution in [0.15, 0.2) is 42.5 Å². The van der Waals surface area contributed by atoms with Crippen molar-refractivity contribution in [1.29, 1.82) is 0 Å². The highest BCUT2D eigenvalue weighted by Crippen LogP contribution is 2.32. The highest BCUT2D eigenvalue weighted by atomic mass is 16.5. The van der Waals surface area contributed by atoms with Crippen molar-refractivity contribution in [3.63, 3.8) is 0 Å². The molecule has 0 spiro atoms. The molecule has 3 aromatic rings. The van der Waals surface area contributed by atoms with Gasteiger partial charge in [0.25, 0.3) is 0 Å². The average Bonchev–Trinajstić information content (AvgIpc) is 2.66. The van der Waals surface area contributed by atoms with Crippen LogP contribution in [0.5, 0.6) is 17.2 Å². The third kappa shape index (κ3) is 3.92. The van der Waals surface area contributed by atoms with Crippen molar-refractivity contribution >= 4 is 11.9 Å². The first kappa shape index (κ1) is 17.3. The van der Waals surface area contributed by atoms with Gasteiger partial charge >= 0.3 is 0 Å². The van der Waals surface area contributed by atoms with Crippen molar-refractivity contribution in [1.82, 2.24) is 15.0 Å². The Hall–Kier alpha value is -3.55. The molecule has 0 fully saturated rings. The van der Waals surface area contributed by atoms with Crippen molar-refractivity contribution < 1.29 is 14.2 Å². The predicted molar refractivity (Wildman–Crippen MR) is 98.0 cm³/mol. The number of hydrogen-bond acceptors (Lipinski definition) is 8. The van der Waals surface area contributed by atoms with Crippen LogP contribution in [0.25, 0.3) is 11.4 Å². The Balaban J connectivity index is 1.79. The van der Waals surface area contributed by atoms with Gasteiger partial charge in [-0.1, -0.05) is 12.1 Å². The number of benzene rings is 2. The largest absolute Gasteiger partial charge is 0.497 e. The number of methoxy groups -OCH3 is 2. The molecule has 2 aromatic carbocycles. The molecule has 8 heteroatoms.